The molecule has 0 saturated carbocycles. The Kier molecular flexibility index (Phi) is 3.72. The Bertz CT molecular complexity index is 726. The van der Waals surface area contributed by atoms with E-state index in [1.54, 1.807) is 54.1 Å². The number of likely N-dealkylation sites (N-methyl/N-ethyl adjacent to an activating group) is 1. The summed E-state index contributed by atoms with van der Waals surface area (Å²) in [7, 11) is 1.75. The van der Waals surface area contributed by atoms with Gasteiger partial charge in [0.1, 0.15) is 5.76 Å². The Labute approximate surface area is 139 Å². The number of urea groups is 1. The maximum atomic E-state index is 12.7. The molecule has 3 rings (SSSR count). The number of ether oxygens (including phenoxy) is 1. The van der Waals surface area contributed by atoms with Crippen LogP contribution in [0.15, 0.2) is 34.9 Å². The van der Waals surface area contributed by atoms with Crippen molar-refractivity contribution in [2.75, 3.05) is 11.9 Å². The van der Waals surface area contributed by atoms with Crippen LogP contribution in [-0.4, -0.2) is 34.9 Å². The van der Waals surface area contributed by atoms with E-state index >= 15 is 0 Å². The molecule has 0 bridgehead atoms. The third kappa shape index (κ3) is 2.63. The second kappa shape index (κ2) is 5.45. The second-order valence-corrected chi connectivity index (χ2v) is 6.52. The molecular formula is C16H18ClN3O3. The maximum Gasteiger partial charge on any atom is 0.327 e. The van der Waals surface area contributed by atoms with E-state index in [0.717, 1.165) is 0 Å². The quantitative estimate of drug-likeness (QED) is 0.858. The van der Waals surface area contributed by atoms with E-state index in [1.165, 1.54) is 0 Å². The standard InChI is InChI=1S/C16H18ClN3O3/c1-10-9-13(18-23-10)22-14-16(2,3)19(4)15(21)20(14)12-7-5-11(17)6-8-12/h5-9,14H,1-4H3. The Morgan fingerprint density at radius 1 is 1.30 bits per heavy atom. The molecule has 1 aromatic carbocycles. The monoisotopic (exact) mass is 335 g/mol. The molecule has 1 unspecified atom stereocenters. The van der Waals surface area contributed by atoms with E-state index in [-0.39, 0.29) is 6.03 Å². The first-order chi connectivity index (χ1) is 10.8. The Hall–Kier alpha value is -2.21. The van der Waals surface area contributed by atoms with Crippen molar-refractivity contribution in [1.82, 2.24) is 10.1 Å². The van der Waals surface area contributed by atoms with Crippen molar-refractivity contribution >= 4 is 23.3 Å². The highest BCUT2D eigenvalue weighted by Gasteiger charge is 2.52. The van der Waals surface area contributed by atoms with Gasteiger partial charge < -0.3 is 14.2 Å². The number of amides is 2. The fourth-order valence-corrected chi connectivity index (χ4v) is 2.67. The molecule has 0 N–H and O–H groups in total. The van der Waals surface area contributed by atoms with Crippen molar-refractivity contribution in [3.05, 3.63) is 41.1 Å². The lowest BCUT2D eigenvalue weighted by Gasteiger charge is -2.32. The van der Waals surface area contributed by atoms with Crippen molar-refractivity contribution in [1.29, 1.82) is 0 Å². The minimum atomic E-state index is -0.552. The molecule has 0 spiro atoms. The SMILES string of the molecule is Cc1cc(OC2N(c3ccc(Cl)cc3)C(=O)N(C)C2(C)C)no1. The van der Waals surface area contributed by atoms with Gasteiger partial charge in [-0.2, -0.15) is 0 Å². The summed E-state index contributed by atoms with van der Waals surface area (Å²) in [6.07, 6.45) is -0.550. The van der Waals surface area contributed by atoms with Gasteiger partial charge in [-0.25, -0.2) is 4.79 Å². The molecule has 1 saturated heterocycles. The Morgan fingerprint density at radius 3 is 2.52 bits per heavy atom. The van der Waals surface area contributed by atoms with Crippen LogP contribution in [0, 0.1) is 6.92 Å². The van der Waals surface area contributed by atoms with Gasteiger partial charge >= 0.3 is 6.03 Å². The number of carbonyl (C=O) groups is 1. The van der Waals surface area contributed by atoms with Gasteiger partial charge in [-0.1, -0.05) is 11.6 Å². The summed E-state index contributed by atoms with van der Waals surface area (Å²) in [6.45, 7) is 5.67. The van der Waals surface area contributed by atoms with Gasteiger partial charge in [0.05, 0.1) is 5.54 Å². The van der Waals surface area contributed by atoms with Crippen molar-refractivity contribution in [2.45, 2.75) is 32.5 Å². The third-order valence-corrected chi connectivity index (χ3v) is 4.39. The average molecular weight is 336 g/mol. The highest BCUT2D eigenvalue weighted by molar-refractivity contribution is 6.30. The summed E-state index contributed by atoms with van der Waals surface area (Å²) in [5, 5.41) is 4.47. The van der Waals surface area contributed by atoms with Crippen LogP contribution in [0.2, 0.25) is 5.02 Å². The van der Waals surface area contributed by atoms with Crippen LogP contribution in [0.4, 0.5) is 10.5 Å². The number of aryl methyl sites for hydroxylation is 1. The van der Waals surface area contributed by atoms with Crippen LogP contribution in [-0.2, 0) is 0 Å². The molecule has 7 heteroatoms. The summed E-state index contributed by atoms with van der Waals surface area (Å²) in [5.41, 5.74) is 0.158. The number of carbonyl (C=O) groups excluding carboxylic acids is 1. The number of hydrogen-bond donors (Lipinski definition) is 0. The van der Waals surface area contributed by atoms with E-state index < -0.39 is 11.8 Å². The second-order valence-electron chi connectivity index (χ2n) is 6.09. The number of hydrogen-bond acceptors (Lipinski definition) is 4. The van der Waals surface area contributed by atoms with E-state index in [9.17, 15) is 4.79 Å². The van der Waals surface area contributed by atoms with Crippen LogP contribution < -0.4 is 9.64 Å². The fourth-order valence-electron chi connectivity index (χ4n) is 2.55. The topological polar surface area (TPSA) is 58.8 Å². The van der Waals surface area contributed by atoms with Crippen LogP contribution in [0.1, 0.15) is 19.6 Å². The van der Waals surface area contributed by atoms with Crippen molar-refractivity contribution in [3.8, 4) is 5.88 Å². The molecule has 1 aromatic heterocycles. The van der Waals surface area contributed by atoms with Gasteiger partial charge in [-0.05, 0) is 50.2 Å². The predicted molar refractivity (Wildman–Crippen MR) is 86.8 cm³/mol. The molecule has 2 aromatic rings. The third-order valence-electron chi connectivity index (χ3n) is 4.14. The highest BCUT2D eigenvalue weighted by Crippen LogP contribution is 2.36. The zero-order valence-electron chi connectivity index (χ0n) is 13.4. The first-order valence-electron chi connectivity index (χ1n) is 7.23. The number of rotatable bonds is 3. The zero-order chi connectivity index (χ0) is 16.8. The maximum absolute atomic E-state index is 12.7. The molecule has 0 aliphatic carbocycles. The van der Waals surface area contributed by atoms with Gasteiger partial charge in [0.15, 0.2) is 0 Å². The first kappa shape index (κ1) is 15.7. The van der Waals surface area contributed by atoms with E-state index in [2.05, 4.69) is 5.16 Å². The molecule has 0 radical (unpaired) electrons. The lowest BCUT2D eigenvalue weighted by Crippen LogP contribution is -2.49. The van der Waals surface area contributed by atoms with Crippen LogP contribution in [0.5, 0.6) is 5.88 Å². The lowest BCUT2D eigenvalue weighted by atomic mass is 10.0. The Balaban J connectivity index is 1.99. The van der Waals surface area contributed by atoms with E-state index in [0.29, 0.717) is 22.4 Å². The first-order valence-corrected chi connectivity index (χ1v) is 7.61. The fraction of sp³-hybridized carbons (Fsp3) is 0.375. The summed E-state index contributed by atoms with van der Waals surface area (Å²) < 4.78 is 11.0. The molecule has 2 amide bonds. The number of anilines is 1. The average Bonchev–Trinajstić information content (AvgIpc) is 2.98. The molecule has 122 valence electrons. The number of halogens is 1. The van der Waals surface area contributed by atoms with Crippen LogP contribution >= 0.6 is 11.6 Å². The lowest BCUT2D eigenvalue weighted by molar-refractivity contribution is 0.0844. The van der Waals surface area contributed by atoms with Gasteiger partial charge in [0, 0.05) is 23.8 Å². The molecule has 2 heterocycles. The number of aromatic nitrogens is 1. The molecule has 6 nitrogen and oxygen atoms in total. The van der Waals surface area contributed by atoms with Crippen LogP contribution in [0.25, 0.3) is 0 Å². The van der Waals surface area contributed by atoms with Crippen molar-refractivity contribution in [3.63, 3.8) is 0 Å². The van der Waals surface area contributed by atoms with Gasteiger partial charge in [0.2, 0.25) is 6.23 Å². The van der Waals surface area contributed by atoms with Gasteiger partial charge in [-0.15, -0.1) is 0 Å². The van der Waals surface area contributed by atoms with Gasteiger partial charge in [-0.3, -0.25) is 4.90 Å². The smallest absolute Gasteiger partial charge is 0.327 e. The Morgan fingerprint density at radius 2 is 1.96 bits per heavy atom. The summed E-state index contributed by atoms with van der Waals surface area (Å²) in [4.78, 5) is 16.0. The molecule has 23 heavy (non-hydrogen) atoms. The molecular weight excluding hydrogens is 318 g/mol. The summed E-state index contributed by atoms with van der Waals surface area (Å²) in [5.74, 6) is 0.996. The van der Waals surface area contributed by atoms with Crippen molar-refractivity contribution in [2.24, 2.45) is 0 Å². The summed E-state index contributed by atoms with van der Waals surface area (Å²) >= 11 is 5.94. The number of benzene rings is 1. The molecule has 1 aliphatic heterocycles. The molecule has 1 aliphatic rings. The minimum absolute atomic E-state index is 0.150. The predicted octanol–water partition coefficient (Wildman–Crippen LogP) is 3.69. The van der Waals surface area contributed by atoms with Gasteiger partial charge in [0.25, 0.3) is 5.88 Å². The zero-order valence-corrected chi connectivity index (χ0v) is 14.2. The van der Waals surface area contributed by atoms with E-state index in [1.807, 2.05) is 13.8 Å². The normalized spacial score (nSPS) is 20.2. The van der Waals surface area contributed by atoms with E-state index in [4.69, 9.17) is 20.9 Å². The minimum Gasteiger partial charge on any atom is -0.448 e. The highest BCUT2D eigenvalue weighted by atomic mass is 35.5. The van der Waals surface area contributed by atoms with Crippen molar-refractivity contribution < 1.29 is 14.1 Å². The number of nitrogens with zero attached hydrogens (tertiary/aromatic N) is 3. The largest absolute Gasteiger partial charge is 0.448 e. The molecule has 1 atom stereocenters. The molecule has 1 fully saturated rings. The summed E-state index contributed by atoms with van der Waals surface area (Å²) in [6, 6.07) is 8.61. The van der Waals surface area contributed by atoms with Crippen LogP contribution in [0.3, 0.4) is 0 Å².